The maximum atomic E-state index is 11.0. The van der Waals surface area contributed by atoms with Crippen molar-refractivity contribution in [3.63, 3.8) is 0 Å². The van der Waals surface area contributed by atoms with Crippen molar-refractivity contribution in [1.29, 1.82) is 0 Å². The quantitative estimate of drug-likeness (QED) is 0.400. The normalized spacial score (nSPS) is 11.1. The van der Waals surface area contributed by atoms with Gasteiger partial charge in [-0.05, 0) is 43.7 Å². The molecule has 3 heterocycles. The Hall–Kier alpha value is -3.65. The molecule has 0 aliphatic carbocycles. The van der Waals surface area contributed by atoms with E-state index >= 15 is 0 Å². The van der Waals surface area contributed by atoms with Gasteiger partial charge in [-0.1, -0.05) is 12.1 Å². The summed E-state index contributed by atoms with van der Waals surface area (Å²) in [6, 6.07) is 9.52. The Morgan fingerprint density at radius 1 is 1.27 bits per heavy atom. The standard InChI is InChI=1S/C22H21N3O5/c1-14-19-17(28-10-4-9-24-12-15-5-3-8-23-11-15)6-2-7-18(19)30-20(14)21-25-16(13-29-21)22(26)27/h2-3,5-8,11,13,24H,4,9-10,12H2,1H3,(H,26,27). The zero-order valence-electron chi connectivity index (χ0n) is 16.4. The van der Waals surface area contributed by atoms with Gasteiger partial charge in [-0.25, -0.2) is 4.79 Å². The number of hydrogen-bond donors (Lipinski definition) is 2. The predicted molar refractivity (Wildman–Crippen MR) is 109 cm³/mol. The molecule has 0 spiro atoms. The summed E-state index contributed by atoms with van der Waals surface area (Å²) in [5.74, 6) is 0.0792. The number of aryl methyl sites for hydroxylation is 1. The molecule has 0 fully saturated rings. The van der Waals surface area contributed by atoms with Crippen LogP contribution in [0.3, 0.4) is 0 Å². The zero-order valence-corrected chi connectivity index (χ0v) is 16.4. The predicted octanol–water partition coefficient (Wildman–Crippen LogP) is 4.05. The van der Waals surface area contributed by atoms with Crippen molar-refractivity contribution in [2.24, 2.45) is 0 Å². The van der Waals surface area contributed by atoms with Crippen LogP contribution >= 0.6 is 0 Å². The molecular weight excluding hydrogens is 386 g/mol. The van der Waals surface area contributed by atoms with E-state index in [-0.39, 0.29) is 11.6 Å². The van der Waals surface area contributed by atoms with Crippen LogP contribution in [0.1, 0.15) is 28.0 Å². The SMILES string of the molecule is Cc1c(-c2nc(C(=O)O)co2)oc2cccc(OCCCNCc3cccnc3)c12. The Balaban J connectivity index is 1.40. The van der Waals surface area contributed by atoms with E-state index in [1.165, 1.54) is 0 Å². The first-order valence-electron chi connectivity index (χ1n) is 9.57. The Bertz CT molecular complexity index is 1150. The summed E-state index contributed by atoms with van der Waals surface area (Å²) in [6.07, 6.45) is 5.54. The lowest BCUT2D eigenvalue weighted by molar-refractivity contribution is 0.0690. The summed E-state index contributed by atoms with van der Waals surface area (Å²) >= 11 is 0. The lowest BCUT2D eigenvalue weighted by Gasteiger charge is -2.08. The smallest absolute Gasteiger partial charge is 0.357 e. The number of aromatic nitrogens is 2. The second-order valence-corrected chi connectivity index (χ2v) is 6.77. The van der Waals surface area contributed by atoms with Gasteiger partial charge in [0.15, 0.2) is 11.5 Å². The van der Waals surface area contributed by atoms with E-state index in [2.05, 4.69) is 15.3 Å². The van der Waals surface area contributed by atoms with Gasteiger partial charge in [0, 0.05) is 24.5 Å². The van der Waals surface area contributed by atoms with Gasteiger partial charge in [-0.2, -0.15) is 4.98 Å². The minimum atomic E-state index is -1.15. The average molecular weight is 407 g/mol. The topological polar surface area (TPSA) is 111 Å². The minimum Gasteiger partial charge on any atom is -0.493 e. The third-order valence-electron chi connectivity index (χ3n) is 4.64. The molecule has 0 aliphatic rings. The first kappa shape index (κ1) is 19.7. The number of aromatic carboxylic acids is 1. The van der Waals surface area contributed by atoms with Crippen molar-refractivity contribution in [2.45, 2.75) is 19.9 Å². The Kier molecular flexibility index (Phi) is 5.76. The van der Waals surface area contributed by atoms with Crippen LogP contribution in [-0.4, -0.2) is 34.2 Å². The van der Waals surface area contributed by atoms with Crippen LogP contribution in [0.5, 0.6) is 5.75 Å². The Morgan fingerprint density at radius 2 is 2.17 bits per heavy atom. The summed E-state index contributed by atoms with van der Waals surface area (Å²) in [5, 5.41) is 13.2. The maximum absolute atomic E-state index is 11.0. The van der Waals surface area contributed by atoms with E-state index < -0.39 is 5.97 Å². The molecule has 30 heavy (non-hydrogen) atoms. The molecular formula is C22H21N3O5. The van der Waals surface area contributed by atoms with Crippen molar-refractivity contribution in [3.05, 3.63) is 65.8 Å². The molecule has 8 nitrogen and oxygen atoms in total. The van der Waals surface area contributed by atoms with Gasteiger partial charge in [-0.3, -0.25) is 4.98 Å². The maximum Gasteiger partial charge on any atom is 0.357 e. The third-order valence-corrected chi connectivity index (χ3v) is 4.64. The van der Waals surface area contributed by atoms with E-state index in [0.717, 1.165) is 42.3 Å². The number of furan rings is 1. The summed E-state index contributed by atoms with van der Waals surface area (Å²) in [6.45, 7) is 3.99. The van der Waals surface area contributed by atoms with Gasteiger partial charge in [0.25, 0.3) is 5.89 Å². The lowest BCUT2D eigenvalue weighted by atomic mass is 10.1. The fraction of sp³-hybridized carbons (Fsp3) is 0.227. The molecule has 0 aliphatic heterocycles. The first-order valence-corrected chi connectivity index (χ1v) is 9.57. The number of nitrogens with one attached hydrogen (secondary N) is 1. The monoisotopic (exact) mass is 407 g/mol. The number of carboxylic acid groups (broad SMARTS) is 1. The van der Waals surface area contributed by atoms with E-state index in [9.17, 15) is 4.79 Å². The van der Waals surface area contributed by atoms with Crippen molar-refractivity contribution < 1.29 is 23.5 Å². The number of hydrogen-bond acceptors (Lipinski definition) is 7. The molecule has 0 radical (unpaired) electrons. The average Bonchev–Trinajstić information content (AvgIpc) is 3.37. The molecule has 1 aromatic carbocycles. The molecule has 2 N–H and O–H groups in total. The number of ether oxygens (including phenoxy) is 1. The summed E-state index contributed by atoms with van der Waals surface area (Å²) in [7, 11) is 0. The highest BCUT2D eigenvalue weighted by Crippen LogP contribution is 2.37. The van der Waals surface area contributed by atoms with Crippen LogP contribution in [0.4, 0.5) is 0 Å². The van der Waals surface area contributed by atoms with E-state index in [0.29, 0.717) is 23.7 Å². The highest BCUT2D eigenvalue weighted by molar-refractivity contribution is 5.92. The fourth-order valence-corrected chi connectivity index (χ4v) is 3.18. The molecule has 0 saturated heterocycles. The Labute approximate surface area is 172 Å². The van der Waals surface area contributed by atoms with Gasteiger partial charge in [-0.15, -0.1) is 0 Å². The second-order valence-electron chi connectivity index (χ2n) is 6.77. The minimum absolute atomic E-state index is 0.131. The van der Waals surface area contributed by atoms with E-state index in [1.54, 1.807) is 6.20 Å². The molecule has 0 unspecified atom stereocenters. The van der Waals surface area contributed by atoms with Crippen molar-refractivity contribution >= 4 is 16.9 Å². The van der Waals surface area contributed by atoms with E-state index in [4.69, 9.17) is 18.7 Å². The number of carboxylic acids is 1. The summed E-state index contributed by atoms with van der Waals surface area (Å²) in [5.41, 5.74) is 2.39. The van der Waals surface area contributed by atoms with Crippen LogP contribution in [0.15, 0.2) is 57.8 Å². The van der Waals surface area contributed by atoms with E-state index in [1.807, 2.05) is 43.5 Å². The van der Waals surface area contributed by atoms with Crippen LogP contribution in [0, 0.1) is 6.92 Å². The first-order chi connectivity index (χ1) is 14.6. The number of nitrogens with zero attached hydrogens (tertiary/aromatic N) is 2. The number of carbonyl (C=O) groups is 1. The van der Waals surface area contributed by atoms with Crippen molar-refractivity contribution in [1.82, 2.24) is 15.3 Å². The largest absolute Gasteiger partial charge is 0.493 e. The van der Waals surface area contributed by atoms with Gasteiger partial charge < -0.3 is 24.0 Å². The lowest BCUT2D eigenvalue weighted by Crippen LogP contribution is -2.17. The second kappa shape index (κ2) is 8.79. The molecule has 0 amide bonds. The number of pyridine rings is 1. The molecule has 8 heteroatoms. The van der Waals surface area contributed by atoms with Crippen molar-refractivity contribution in [3.8, 4) is 17.4 Å². The van der Waals surface area contributed by atoms with Crippen LogP contribution < -0.4 is 10.1 Å². The molecule has 0 saturated carbocycles. The van der Waals surface area contributed by atoms with Gasteiger partial charge in [0.2, 0.25) is 0 Å². The van der Waals surface area contributed by atoms with Crippen LogP contribution in [0.2, 0.25) is 0 Å². The molecule has 0 bridgehead atoms. The Morgan fingerprint density at radius 3 is 2.93 bits per heavy atom. The summed E-state index contributed by atoms with van der Waals surface area (Å²) in [4.78, 5) is 19.1. The molecule has 154 valence electrons. The molecule has 0 atom stereocenters. The number of rotatable bonds is 9. The van der Waals surface area contributed by atoms with Gasteiger partial charge >= 0.3 is 5.97 Å². The highest BCUT2D eigenvalue weighted by atomic mass is 16.5. The highest BCUT2D eigenvalue weighted by Gasteiger charge is 2.21. The number of oxazole rings is 1. The summed E-state index contributed by atoms with van der Waals surface area (Å²) < 4.78 is 17.1. The van der Waals surface area contributed by atoms with Crippen LogP contribution in [-0.2, 0) is 6.54 Å². The molecule has 4 rings (SSSR count). The third kappa shape index (κ3) is 4.18. The number of benzene rings is 1. The van der Waals surface area contributed by atoms with Crippen molar-refractivity contribution in [2.75, 3.05) is 13.2 Å². The number of fused-ring (bicyclic) bond motifs is 1. The van der Waals surface area contributed by atoms with Gasteiger partial charge in [0.1, 0.15) is 17.6 Å². The van der Waals surface area contributed by atoms with Crippen LogP contribution in [0.25, 0.3) is 22.6 Å². The fourth-order valence-electron chi connectivity index (χ4n) is 3.18. The molecule has 4 aromatic rings. The molecule has 3 aromatic heterocycles. The zero-order chi connectivity index (χ0) is 20.9. The van der Waals surface area contributed by atoms with Gasteiger partial charge in [0.05, 0.1) is 12.0 Å².